The van der Waals surface area contributed by atoms with Crippen LogP contribution in [-0.2, 0) is 17.6 Å². The number of ether oxygens (including phenoxy) is 1. The number of anilines is 1. The Morgan fingerprint density at radius 3 is 2.21 bits per heavy atom. The molecule has 0 saturated heterocycles. The van der Waals surface area contributed by atoms with E-state index in [0.717, 1.165) is 17.2 Å². The van der Waals surface area contributed by atoms with Gasteiger partial charge in [0.2, 0.25) is 0 Å². The van der Waals surface area contributed by atoms with Crippen molar-refractivity contribution in [2.45, 2.75) is 26.7 Å². The molecule has 0 amide bonds. The van der Waals surface area contributed by atoms with Crippen molar-refractivity contribution in [3.8, 4) is 5.75 Å². The van der Waals surface area contributed by atoms with Crippen molar-refractivity contribution in [2.24, 2.45) is 0 Å². The predicted molar refractivity (Wildman–Crippen MR) is 95.3 cm³/mol. The fourth-order valence-corrected chi connectivity index (χ4v) is 2.71. The molecule has 24 heavy (non-hydrogen) atoms. The zero-order valence-electron chi connectivity index (χ0n) is 14.0. The fraction of sp³-hybridized carbons (Fsp3) is 0.200. The van der Waals surface area contributed by atoms with Gasteiger partial charge in [-0.05, 0) is 60.4 Å². The Labute approximate surface area is 141 Å². The Hall–Kier alpha value is -2.88. The average Bonchev–Trinajstić information content (AvgIpc) is 2.61. The van der Waals surface area contributed by atoms with Crippen LogP contribution in [0.15, 0.2) is 49.1 Å². The third-order valence-electron chi connectivity index (χ3n) is 3.89. The maximum absolute atomic E-state index is 12.8. The Kier molecular flexibility index (Phi) is 5.53. The van der Waals surface area contributed by atoms with Gasteiger partial charge in [0.1, 0.15) is 5.75 Å². The van der Waals surface area contributed by atoms with E-state index in [9.17, 15) is 9.59 Å². The molecule has 2 aromatic rings. The summed E-state index contributed by atoms with van der Waals surface area (Å²) in [4.78, 5) is 24.3. The van der Waals surface area contributed by atoms with Gasteiger partial charge in [-0.2, -0.15) is 0 Å². The number of hydrogen-bond donors (Lipinski definition) is 1. The summed E-state index contributed by atoms with van der Waals surface area (Å²) in [6.07, 6.45) is 2.45. The smallest absolute Gasteiger partial charge is 0.335 e. The number of carbonyl (C=O) groups excluding carboxylic acids is 2. The average molecular weight is 323 g/mol. The second kappa shape index (κ2) is 7.59. The maximum atomic E-state index is 12.8. The summed E-state index contributed by atoms with van der Waals surface area (Å²) in [5.74, 6) is -0.0967. The molecule has 0 aliphatic rings. The van der Waals surface area contributed by atoms with Gasteiger partial charge in [0.15, 0.2) is 5.78 Å². The summed E-state index contributed by atoms with van der Waals surface area (Å²) in [5, 5.41) is 0. The van der Waals surface area contributed by atoms with E-state index in [1.165, 1.54) is 0 Å². The molecule has 0 radical (unpaired) electrons. The van der Waals surface area contributed by atoms with Crippen LogP contribution in [0.25, 0.3) is 0 Å². The SMILES string of the molecule is C=CC(=O)Oc1ccc(C(=O)c2ccc(N)cc2)c(CC)c1CC. The van der Waals surface area contributed by atoms with Crippen LogP contribution in [0.5, 0.6) is 5.75 Å². The normalized spacial score (nSPS) is 10.2. The van der Waals surface area contributed by atoms with Crippen LogP contribution < -0.4 is 10.5 Å². The molecule has 0 aliphatic carbocycles. The van der Waals surface area contributed by atoms with Crippen molar-refractivity contribution in [1.82, 2.24) is 0 Å². The third-order valence-corrected chi connectivity index (χ3v) is 3.89. The number of nitrogen functional groups attached to an aromatic ring is 1. The summed E-state index contributed by atoms with van der Waals surface area (Å²) >= 11 is 0. The van der Waals surface area contributed by atoms with Crippen LogP contribution in [0.1, 0.15) is 40.9 Å². The highest BCUT2D eigenvalue weighted by Gasteiger charge is 2.19. The van der Waals surface area contributed by atoms with Crippen molar-refractivity contribution in [1.29, 1.82) is 0 Å². The van der Waals surface area contributed by atoms with E-state index in [4.69, 9.17) is 10.5 Å². The van der Waals surface area contributed by atoms with Gasteiger partial charge in [0.25, 0.3) is 0 Å². The number of benzene rings is 2. The number of hydrogen-bond acceptors (Lipinski definition) is 4. The minimum atomic E-state index is -0.510. The molecule has 0 unspecified atom stereocenters. The number of rotatable bonds is 6. The van der Waals surface area contributed by atoms with E-state index in [2.05, 4.69) is 6.58 Å². The zero-order valence-corrected chi connectivity index (χ0v) is 14.0. The lowest BCUT2D eigenvalue weighted by molar-refractivity contribution is -0.129. The van der Waals surface area contributed by atoms with Crippen molar-refractivity contribution in [2.75, 3.05) is 5.73 Å². The minimum absolute atomic E-state index is 0.0665. The first-order valence-corrected chi connectivity index (χ1v) is 7.91. The van der Waals surface area contributed by atoms with Gasteiger partial charge in [0, 0.05) is 22.9 Å². The largest absolute Gasteiger partial charge is 0.423 e. The molecule has 124 valence electrons. The van der Waals surface area contributed by atoms with E-state index in [1.807, 2.05) is 13.8 Å². The molecular weight excluding hydrogens is 302 g/mol. The Morgan fingerprint density at radius 2 is 1.67 bits per heavy atom. The number of carbonyl (C=O) groups is 2. The Morgan fingerprint density at radius 1 is 1.04 bits per heavy atom. The van der Waals surface area contributed by atoms with E-state index in [0.29, 0.717) is 35.4 Å². The molecule has 0 aromatic heterocycles. The van der Waals surface area contributed by atoms with Crippen molar-refractivity contribution in [3.63, 3.8) is 0 Å². The number of esters is 1. The molecule has 2 aromatic carbocycles. The van der Waals surface area contributed by atoms with Crippen molar-refractivity contribution in [3.05, 3.63) is 71.3 Å². The van der Waals surface area contributed by atoms with Gasteiger partial charge in [-0.3, -0.25) is 4.79 Å². The molecule has 0 saturated carbocycles. The van der Waals surface area contributed by atoms with E-state index in [1.54, 1.807) is 36.4 Å². The fourth-order valence-electron chi connectivity index (χ4n) is 2.71. The highest BCUT2D eigenvalue weighted by atomic mass is 16.5. The summed E-state index contributed by atoms with van der Waals surface area (Å²) in [6, 6.07) is 10.2. The van der Waals surface area contributed by atoms with Gasteiger partial charge in [-0.15, -0.1) is 0 Å². The summed E-state index contributed by atoms with van der Waals surface area (Å²) < 4.78 is 5.30. The topological polar surface area (TPSA) is 69.4 Å². The van der Waals surface area contributed by atoms with E-state index in [-0.39, 0.29) is 5.78 Å². The standard InChI is InChI=1S/C20H21NO3/c1-4-15-16(5-2)18(24-19(22)6-3)12-11-17(15)20(23)13-7-9-14(21)10-8-13/h6-12H,3-5,21H2,1-2H3. The summed E-state index contributed by atoms with van der Waals surface area (Å²) in [6.45, 7) is 7.36. The molecule has 0 atom stereocenters. The first-order valence-electron chi connectivity index (χ1n) is 7.91. The van der Waals surface area contributed by atoms with Crippen LogP contribution in [-0.4, -0.2) is 11.8 Å². The lowest BCUT2D eigenvalue weighted by Crippen LogP contribution is -2.11. The number of ketones is 1. The first kappa shape index (κ1) is 17.5. The van der Waals surface area contributed by atoms with Gasteiger partial charge in [-0.25, -0.2) is 4.79 Å². The van der Waals surface area contributed by atoms with Crippen LogP contribution in [0, 0.1) is 0 Å². The van der Waals surface area contributed by atoms with Crippen LogP contribution in [0.3, 0.4) is 0 Å². The summed E-state index contributed by atoms with van der Waals surface area (Å²) in [5.41, 5.74) is 9.26. The van der Waals surface area contributed by atoms with Gasteiger partial charge < -0.3 is 10.5 Å². The Bertz CT molecular complexity index is 776. The second-order valence-corrected chi connectivity index (χ2v) is 5.35. The predicted octanol–water partition coefficient (Wildman–Crippen LogP) is 3.72. The molecule has 2 N–H and O–H groups in total. The molecule has 0 spiro atoms. The lowest BCUT2D eigenvalue weighted by atomic mass is 9.91. The first-order chi connectivity index (χ1) is 11.5. The molecule has 4 heteroatoms. The van der Waals surface area contributed by atoms with Crippen LogP contribution >= 0.6 is 0 Å². The van der Waals surface area contributed by atoms with Crippen LogP contribution in [0.2, 0.25) is 0 Å². The molecule has 0 fully saturated rings. The molecule has 0 bridgehead atoms. The third kappa shape index (κ3) is 3.54. The van der Waals surface area contributed by atoms with E-state index >= 15 is 0 Å². The minimum Gasteiger partial charge on any atom is -0.423 e. The molecule has 0 heterocycles. The molecular formula is C20H21NO3. The van der Waals surface area contributed by atoms with Gasteiger partial charge >= 0.3 is 5.97 Å². The zero-order chi connectivity index (χ0) is 17.7. The number of nitrogens with two attached hydrogens (primary N) is 1. The molecule has 4 nitrogen and oxygen atoms in total. The van der Waals surface area contributed by atoms with Gasteiger partial charge in [0.05, 0.1) is 0 Å². The van der Waals surface area contributed by atoms with Crippen molar-refractivity contribution >= 4 is 17.4 Å². The lowest BCUT2D eigenvalue weighted by Gasteiger charge is -2.16. The highest BCUT2D eigenvalue weighted by molar-refractivity contribution is 6.10. The van der Waals surface area contributed by atoms with Crippen LogP contribution in [0.4, 0.5) is 5.69 Å². The summed E-state index contributed by atoms with van der Waals surface area (Å²) in [7, 11) is 0. The maximum Gasteiger partial charge on any atom is 0.335 e. The molecule has 2 rings (SSSR count). The molecule has 0 aliphatic heterocycles. The quantitative estimate of drug-likeness (QED) is 0.289. The van der Waals surface area contributed by atoms with E-state index < -0.39 is 5.97 Å². The van der Waals surface area contributed by atoms with Gasteiger partial charge in [-0.1, -0.05) is 20.4 Å². The monoisotopic (exact) mass is 323 g/mol. The van der Waals surface area contributed by atoms with Crippen molar-refractivity contribution < 1.29 is 14.3 Å². The highest BCUT2D eigenvalue weighted by Crippen LogP contribution is 2.29. The second-order valence-electron chi connectivity index (χ2n) is 5.35. The Balaban J connectivity index is 2.50.